The molecule has 0 aromatic rings. The third-order valence-corrected chi connectivity index (χ3v) is 4.41. The summed E-state index contributed by atoms with van der Waals surface area (Å²) in [6, 6.07) is 0. The van der Waals surface area contributed by atoms with E-state index in [1.165, 1.54) is 0 Å². The van der Waals surface area contributed by atoms with E-state index >= 15 is 0 Å². The van der Waals surface area contributed by atoms with Crippen molar-refractivity contribution in [2.45, 2.75) is 52.6 Å². The van der Waals surface area contributed by atoms with Crippen molar-refractivity contribution in [1.29, 1.82) is 0 Å². The third-order valence-electron chi connectivity index (χ3n) is 3.42. The van der Waals surface area contributed by atoms with Gasteiger partial charge in [-0.25, -0.2) is 4.57 Å². The Balaban J connectivity index is 4.18. The van der Waals surface area contributed by atoms with Crippen LogP contribution < -0.4 is 0 Å². The first kappa shape index (κ1) is 28.6. The summed E-state index contributed by atoms with van der Waals surface area (Å²) in [5.41, 5.74) is 0. The molecule has 0 saturated heterocycles. The van der Waals surface area contributed by atoms with E-state index in [1.807, 2.05) is 6.92 Å². The Kier molecular flexibility index (Phi) is 16.5. The lowest BCUT2D eigenvalue weighted by atomic mass is 10.2. The monoisotopic (exact) mass is 456 g/mol. The molecule has 0 aliphatic rings. The number of phosphoric acid groups is 1. The van der Waals surface area contributed by atoms with Crippen LogP contribution in [0, 0.1) is 0 Å². The Hall–Kier alpha value is -1.36. The molecule has 2 unspecified atom stereocenters. The van der Waals surface area contributed by atoms with Crippen LogP contribution in [0.3, 0.4) is 0 Å². The predicted molar refractivity (Wildman–Crippen MR) is 105 cm³/mol. The molecule has 0 fully saturated rings. The van der Waals surface area contributed by atoms with Crippen molar-refractivity contribution in [3.63, 3.8) is 0 Å². The summed E-state index contributed by atoms with van der Waals surface area (Å²) >= 11 is 0. The Morgan fingerprint density at radius 2 is 1.57 bits per heavy atom. The molecular weight excluding hydrogens is 423 g/mol. The van der Waals surface area contributed by atoms with Crippen LogP contribution in [0.1, 0.15) is 46.5 Å². The molecule has 0 aromatic carbocycles. The molecule has 0 aromatic heterocycles. The summed E-state index contributed by atoms with van der Waals surface area (Å²) in [4.78, 5) is 44.0. The smallest absolute Gasteiger partial charge is 0.462 e. The minimum atomic E-state index is -4.44. The van der Waals surface area contributed by atoms with Crippen LogP contribution >= 0.6 is 7.82 Å². The van der Waals surface area contributed by atoms with Gasteiger partial charge in [0.1, 0.15) is 13.2 Å². The van der Waals surface area contributed by atoms with E-state index < -0.39 is 32.5 Å². The van der Waals surface area contributed by atoms with Crippen molar-refractivity contribution in [2.75, 3.05) is 46.2 Å². The van der Waals surface area contributed by atoms with Gasteiger partial charge in [-0.1, -0.05) is 13.8 Å². The van der Waals surface area contributed by atoms with Gasteiger partial charge in [0.05, 0.1) is 26.4 Å². The Labute approximate surface area is 176 Å². The molecule has 30 heavy (non-hydrogen) atoms. The third kappa shape index (κ3) is 16.4. The molecule has 0 aliphatic carbocycles. The first-order valence-electron chi connectivity index (χ1n) is 9.88. The summed E-state index contributed by atoms with van der Waals surface area (Å²) in [5.74, 6) is -1.26. The van der Waals surface area contributed by atoms with Gasteiger partial charge in [0.15, 0.2) is 11.9 Å². The van der Waals surface area contributed by atoms with Gasteiger partial charge in [-0.3, -0.25) is 23.4 Å². The topological polar surface area (TPSA) is 144 Å². The number of rotatable bonds is 19. The second kappa shape index (κ2) is 17.3. The van der Waals surface area contributed by atoms with Crippen LogP contribution in [-0.4, -0.2) is 75.0 Å². The van der Waals surface area contributed by atoms with E-state index in [0.717, 1.165) is 0 Å². The molecule has 1 N–H and O–H groups in total. The fourth-order valence-electron chi connectivity index (χ4n) is 1.86. The molecule has 176 valence electrons. The van der Waals surface area contributed by atoms with Crippen molar-refractivity contribution in [3.8, 4) is 0 Å². The van der Waals surface area contributed by atoms with Crippen LogP contribution in [0.2, 0.25) is 0 Å². The number of hydrogen-bond donors (Lipinski definition) is 1. The van der Waals surface area contributed by atoms with Gasteiger partial charge in [-0.15, -0.1) is 0 Å². The second-order valence-electron chi connectivity index (χ2n) is 5.99. The molecule has 0 bridgehead atoms. The van der Waals surface area contributed by atoms with E-state index in [2.05, 4.69) is 0 Å². The Morgan fingerprint density at radius 1 is 0.900 bits per heavy atom. The molecular formula is C18H33O11P. The summed E-state index contributed by atoms with van der Waals surface area (Å²) in [6.45, 7) is 5.25. The summed E-state index contributed by atoms with van der Waals surface area (Å²) in [7, 11) is -4.44. The van der Waals surface area contributed by atoms with E-state index in [1.54, 1.807) is 13.8 Å². The number of phosphoric ester groups is 1. The van der Waals surface area contributed by atoms with Gasteiger partial charge < -0.3 is 23.8 Å². The van der Waals surface area contributed by atoms with Gasteiger partial charge in [-0.05, 0) is 13.3 Å². The van der Waals surface area contributed by atoms with Crippen LogP contribution in [-0.2, 0) is 46.9 Å². The van der Waals surface area contributed by atoms with Gasteiger partial charge >= 0.3 is 19.8 Å². The highest BCUT2D eigenvalue weighted by Crippen LogP contribution is 2.43. The zero-order chi connectivity index (χ0) is 22.8. The van der Waals surface area contributed by atoms with Crippen molar-refractivity contribution >= 4 is 25.5 Å². The zero-order valence-corrected chi connectivity index (χ0v) is 18.7. The minimum Gasteiger partial charge on any atom is -0.462 e. The summed E-state index contributed by atoms with van der Waals surface area (Å²) in [5, 5.41) is 0. The van der Waals surface area contributed by atoms with Crippen LogP contribution in [0.25, 0.3) is 0 Å². The van der Waals surface area contributed by atoms with Crippen molar-refractivity contribution < 1.29 is 51.8 Å². The van der Waals surface area contributed by atoms with Crippen molar-refractivity contribution in [3.05, 3.63) is 0 Å². The number of ketones is 1. The maximum atomic E-state index is 11.9. The Morgan fingerprint density at radius 3 is 2.20 bits per heavy atom. The highest BCUT2D eigenvalue weighted by atomic mass is 31.2. The van der Waals surface area contributed by atoms with Crippen LogP contribution in [0.4, 0.5) is 0 Å². The normalized spacial score (nSPS) is 14.0. The molecule has 11 nitrogen and oxygen atoms in total. The van der Waals surface area contributed by atoms with Crippen molar-refractivity contribution in [2.24, 2.45) is 0 Å². The largest absolute Gasteiger partial charge is 0.472 e. The first-order chi connectivity index (χ1) is 14.2. The summed E-state index contributed by atoms with van der Waals surface area (Å²) < 4.78 is 41.6. The molecule has 0 rings (SSSR count). The predicted octanol–water partition coefficient (Wildman–Crippen LogP) is 1.80. The molecule has 12 heteroatoms. The maximum Gasteiger partial charge on any atom is 0.472 e. The summed E-state index contributed by atoms with van der Waals surface area (Å²) in [6.07, 6.45) is -0.530. The fraction of sp³-hybridized carbons (Fsp3) is 0.833. The zero-order valence-electron chi connectivity index (χ0n) is 17.8. The van der Waals surface area contributed by atoms with Gasteiger partial charge in [0.25, 0.3) is 0 Å². The number of carbonyl (C=O) groups excluding carboxylic acids is 3. The number of hydrogen-bond acceptors (Lipinski definition) is 10. The number of Topliss-reactive ketones (excluding diaryl/α,β-unsaturated/α-hetero) is 1. The SMILES string of the molecule is CCOCCOCC(=O)CCCOP(=O)(O)OCC(COC(=O)CC)OC(=O)CC. The lowest BCUT2D eigenvalue weighted by Gasteiger charge is -2.19. The molecule has 0 radical (unpaired) electrons. The number of esters is 2. The highest BCUT2D eigenvalue weighted by Gasteiger charge is 2.25. The first-order valence-corrected chi connectivity index (χ1v) is 11.4. The fourth-order valence-corrected chi connectivity index (χ4v) is 2.65. The maximum absolute atomic E-state index is 11.9. The second-order valence-corrected chi connectivity index (χ2v) is 7.44. The van der Waals surface area contributed by atoms with Crippen LogP contribution in [0.15, 0.2) is 0 Å². The minimum absolute atomic E-state index is 0.0681. The lowest BCUT2D eigenvalue weighted by Crippen LogP contribution is -2.29. The molecule has 0 heterocycles. The average Bonchev–Trinajstić information content (AvgIpc) is 2.72. The number of ether oxygens (including phenoxy) is 4. The molecule has 0 amide bonds. The van der Waals surface area contributed by atoms with Crippen LogP contribution in [0.5, 0.6) is 0 Å². The number of carbonyl (C=O) groups is 3. The standard InChI is InChI=1S/C18H33O11P/c1-4-17(20)26-13-16(29-18(21)5-2)14-28-30(22,23)27-9-7-8-15(19)12-25-11-10-24-6-3/h16H,4-14H2,1-3H3,(H,22,23). The van der Waals surface area contributed by atoms with E-state index in [9.17, 15) is 23.8 Å². The highest BCUT2D eigenvalue weighted by molar-refractivity contribution is 7.47. The van der Waals surface area contributed by atoms with Gasteiger partial charge in [-0.2, -0.15) is 0 Å². The van der Waals surface area contributed by atoms with Crippen molar-refractivity contribution in [1.82, 2.24) is 0 Å². The van der Waals surface area contributed by atoms with E-state index in [-0.39, 0.29) is 51.3 Å². The average molecular weight is 456 g/mol. The van der Waals surface area contributed by atoms with Gasteiger partial charge in [0, 0.05) is 25.9 Å². The Bertz CT molecular complexity index is 552. The molecule has 0 aliphatic heterocycles. The van der Waals surface area contributed by atoms with E-state index in [0.29, 0.717) is 19.8 Å². The van der Waals surface area contributed by atoms with E-state index in [4.69, 9.17) is 28.0 Å². The molecule has 0 saturated carbocycles. The molecule has 2 atom stereocenters. The quantitative estimate of drug-likeness (QED) is 0.173. The van der Waals surface area contributed by atoms with Gasteiger partial charge in [0.2, 0.25) is 0 Å². The lowest BCUT2D eigenvalue weighted by molar-refractivity contribution is -0.160. The molecule has 0 spiro atoms.